The summed E-state index contributed by atoms with van der Waals surface area (Å²) in [6.07, 6.45) is 3.72. The summed E-state index contributed by atoms with van der Waals surface area (Å²) in [5.41, 5.74) is 2.55. The second-order valence-corrected chi connectivity index (χ2v) is 5.03. The first-order valence-electron chi connectivity index (χ1n) is 6.94. The second kappa shape index (κ2) is 5.85. The highest BCUT2D eigenvalue weighted by atomic mass is 14.9. The number of rotatable bonds is 4. The van der Waals surface area contributed by atoms with Gasteiger partial charge >= 0.3 is 0 Å². The van der Waals surface area contributed by atoms with Gasteiger partial charge in [-0.1, -0.05) is 48.5 Å². The number of nitrogens with one attached hydrogen (secondary N) is 1. The van der Waals surface area contributed by atoms with Crippen molar-refractivity contribution in [1.82, 2.24) is 10.3 Å². The predicted octanol–water partition coefficient (Wildman–Crippen LogP) is 4.09. The Labute approximate surface area is 119 Å². The Balaban J connectivity index is 1.77. The van der Waals surface area contributed by atoms with Gasteiger partial charge in [-0.2, -0.15) is 0 Å². The molecule has 0 aliphatic rings. The fourth-order valence-electron chi connectivity index (χ4n) is 2.46. The summed E-state index contributed by atoms with van der Waals surface area (Å²) < 4.78 is 0. The van der Waals surface area contributed by atoms with Gasteiger partial charge in [-0.25, -0.2) is 0 Å². The van der Waals surface area contributed by atoms with Gasteiger partial charge in [0.25, 0.3) is 0 Å². The third-order valence-electron chi connectivity index (χ3n) is 3.66. The maximum atomic E-state index is 4.17. The molecule has 1 heterocycles. The Morgan fingerprint density at radius 3 is 2.70 bits per heavy atom. The van der Waals surface area contributed by atoms with E-state index in [2.05, 4.69) is 65.8 Å². The van der Waals surface area contributed by atoms with Gasteiger partial charge in [-0.05, 0) is 34.9 Å². The summed E-state index contributed by atoms with van der Waals surface area (Å²) >= 11 is 0. The van der Waals surface area contributed by atoms with E-state index in [1.807, 2.05) is 12.3 Å². The molecular weight excluding hydrogens is 244 g/mol. The molecule has 3 rings (SSSR count). The van der Waals surface area contributed by atoms with Gasteiger partial charge in [0.15, 0.2) is 0 Å². The van der Waals surface area contributed by atoms with Crippen LogP contribution in [0.1, 0.15) is 24.1 Å². The summed E-state index contributed by atoms with van der Waals surface area (Å²) in [5, 5.41) is 6.18. The van der Waals surface area contributed by atoms with Gasteiger partial charge in [0.2, 0.25) is 0 Å². The topological polar surface area (TPSA) is 24.9 Å². The van der Waals surface area contributed by atoms with E-state index in [4.69, 9.17) is 0 Å². The monoisotopic (exact) mass is 262 g/mol. The average Bonchev–Trinajstić information content (AvgIpc) is 2.53. The van der Waals surface area contributed by atoms with Gasteiger partial charge < -0.3 is 5.32 Å². The Hall–Kier alpha value is -2.19. The van der Waals surface area contributed by atoms with E-state index in [-0.39, 0.29) is 0 Å². The van der Waals surface area contributed by atoms with Crippen molar-refractivity contribution >= 4 is 10.8 Å². The van der Waals surface area contributed by atoms with Gasteiger partial charge in [-0.15, -0.1) is 0 Å². The lowest BCUT2D eigenvalue weighted by atomic mass is 10.0. The Kier molecular flexibility index (Phi) is 3.75. The highest BCUT2D eigenvalue weighted by Crippen LogP contribution is 2.19. The summed E-state index contributed by atoms with van der Waals surface area (Å²) in [6, 6.07) is 19.4. The molecule has 1 N–H and O–H groups in total. The lowest BCUT2D eigenvalue weighted by molar-refractivity contribution is 0.575. The van der Waals surface area contributed by atoms with Crippen molar-refractivity contribution in [2.24, 2.45) is 0 Å². The van der Waals surface area contributed by atoms with E-state index in [1.165, 1.54) is 21.9 Å². The summed E-state index contributed by atoms with van der Waals surface area (Å²) in [5.74, 6) is 0. The Morgan fingerprint density at radius 1 is 1.00 bits per heavy atom. The van der Waals surface area contributed by atoms with E-state index in [0.717, 1.165) is 6.54 Å². The molecule has 2 nitrogen and oxygen atoms in total. The molecule has 0 amide bonds. The highest BCUT2D eigenvalue weighted by molar-refractivity contribution is 5.85. The standard InChI is InChI=1S/C18H18N2/c1-14(16-9-5-11-19-12-16)20-13-17-8-4-7-15-6-2-3-10-18(15)17/h2-12,14,20H,13H2,1H3/t14-/m1/s1. The van der Waals surface area contributed by atoms with E-state index >= 15 is 0 Å². The SMILES string of the molecule is C[C@@H](NCc1cccc2ccccc12)c1cccnc1. The van der Waals surface area contributed by atoms with Crippen molar-refractivity contribution in [3.8, 4) is 0 Å². The van der Waals surface area contributed by atoms with Gasteiger partial charge in [0.1, 0.15) is 0 Å². The minimum atomic E-state index is 0.294. The van der Waals surface area contributed by atoms with Crippen LogP contribution in [0.4, 0.5) is 0 Å². The first-order chi connectivity index (χ1) is 9.84. The largest absolute Gasteiger partial charge is 0.306 e. The van der Waals surface area contributed by atoms with E-state index in [0.29, 0.717) is 6.04 Å². The third kappa shape index (κ3) is 2.70. The molecule has 2 aromatic carbocycles. The van der Waals surface area contributed by atoms with Crippen LogP contribution in [0.2, 0.25) is 0 Å². The smallest absolute Gasteiger partial charge is 0.0315 e. The van der Waals surface area contributed by atoms with Crippen LogP contribution >= 0.6 is 0 Å². The van der Waals surface area contributed by atoms with Crippen molar-refractivity contribution in [2.45, 2.75) is 19.5 Å². The van der Waals surface area contributed by atoms with Gasteiger partial charge in [-0.3, -0.25) is 4.98 Å². The zero-order chi connectivity index (χ0) is 13.8. The van der Waals surface area contributed by atoms with Crippen LogP contribution in [-0.2, 0) is 6.54 Å². The molecule has 0 aliphatic heterocycles. The molecule has 0 unspecified atom stereocenters. The molecule has 0 bridgehead atoms. The number of hydrogen-bond acceptors (Lipinski definition) is 2. The second-order valence-electron chi connectivity index (χ2n) is 5.03. The number of pyridine rings is 1. The predicted molar refractivity (Wildman–Crippen MR) is 83.4 cm³/mol. The molecule has 1 atom stereocenters. The van der Waals surface area contributed by atoms with Crippen molar-refractivity contribution in [1.29, 1.82) is 0 Å². The molecule has 100 valence electrons. The molecule has 0 saturated carbocycles. The quantitative estimate of drug-likeness (QED) is 0.766. The summed E-state index contributed by atoms with van der Waals surface area (Å²) in [7, 11) is 0. The number of aromatic nitrogens is 1. The van der Waals surface area contributed by atoms with Gasteiger partial charge in [0, 0.05) is 25.0 Å². The number of benzene rings is 2. The first-order valence-corrected chi connectivity index (χ1v) is 6.94. The van der Waals surface area contributed by atoms with Crippen LogP contribution in [0.15, 0.2) is 67.0 Å². The number of nitrogens with zero attached hydrogens (tertiary/aromatic N) is 1. The Bertz CT molecular complexity index is 687. The van der Waals surface area contributed by atoms with Crippen LogP contribution in [0.5, 0.6) is 0 Å². The summed E-state index contributed by atoms with van der Waals surface area (Å²) in [6.45, 7) is 3.03. The van der Waals surface area contributed by atoms with Crippen molar-refractivity contribution in [3.05, 3.63) is 78.1 Å². The first kappa shape index (κ1) is 12.8. The van der Waals surface area contributed by atoms with Crippen LogP contribution in [0.25, 0.3) is 10.8 Å². The molecule has 0 spiro atoms. The zero-order valence-electron chi connectivity index (χ0n) is 11.6. The van der Waals surface area contributed by atoms with E-state index in [1.54, 1.807) is 6.20 Å². The maximum absolute atomic E-state index is 4.17. The average molecular weight is 262 g/mol. The van der Waals surface area contributed by atoms with E-state index < -0.39 is 0 Å². The molecule has 0 aliphatic carbocycles. The lowest BCUT2D eigenvalue weighted by Gasteiger charge is -2.15. The summed E-state index contributed by atoms with van der Waals surface area (Å²) in [4.78, 5) is 4.17. The zero-order valence-corrected chi connectivity index (χ0v) is 11.6. The normalized spacial score (nSPS) is 12.4. The molecule has 0 radical (unpaired) electrons. The third-order valence-corrected chi connectivity index (χ3v) is 3.66. The van der Waals surface area contributed by atoms with Crippen LogP contribution in [-0.4, -0.2) is 4.98 Å². The van der Waals surface area contributed by atoms with E-state index in [9.17, 15) is 0 Å². The van der Waals surface area contributed by atoms with Crippen LogP contribution in [0, 0.1) is 0 Å². The van der Waals surface area contributed by atoms with Crippen molar-refractivity contribution in [2.75, 3.05) is 0 Å². The fourth-order valence-corrected chi connectivity index (χ4v) is 2.46. The maximum Gasteiger partial charge on any atom is 0.0315 e. The van der Waals surface area contributed by atoms with Crippen LogP contribution in [0.3, 0.4) is 0 Å². The van der Waals surface area contributed by atoms with Crippen molar-refractivity contribution < 1.29 is 0 Å². The van der Waals surface area contributed by atoms with Crippen LogP contribution < -0.4 is 5.32 Å². The molecule has 2 heteroatoms. The minimum absolute atomic E-state index is 0.294. The Morgan fingerprint density at radius 2 is 1.85 bits per heavy atom. The minimum Gasteiger partial charge on any atom is -0.306 e. The molecular formula is C18H18N2. The van der Waals surface area contributed by atoms with Gasteiger partial charge in [0.05, 0.1) is 0 Å². The molecule has 0 fully saturated rings. The highest BCUT2D eigenvalue weighted by Gasteiger charge is 2.06. The number of hydrogen-bond donors (Lipinski definition) is 1. The molecule has 20 heavy (non-hydrogen) atoms. The number of fused-ring (bicyclic) bond motifs is 1. The lowest BCUT2D eigenvalue weighted by Crippen LogP contribution is -2.18. The fraction of sp³-hybridized carbons (Fsp3) is 0.167. The molecule has 0 saturated heterocycles. The van der Waals surface area contributed by atoms with Crippen molar-refractivity contribution in [3.63, 3.8) is 0 Å². The molecule has 1 aromatic heterocycles. The molecule has 3 aromatic rings.